The lowest BCUT2D eigenvalue weighted by Gasteiger charge is -2.19. The molecule has 0 bridgehead atoms. The summed E-state index contributed by atoms with van der Waals surface area (Å²) in [6.45, 7) is 1.39. The first kappa shape index (κ1) is 18.3. The van der Waals surface area contributed by atoms with Gasteiger partial charge in [0, 0.05) is 0 Å². The number of sulfonamides is 1. The highest BCUT2D eigenvalue weighted by Gasteiger charge is 2.29. The number of fused-ring (bicyclic) bond motifs is 1. The number of halogens is 1. The second-order valence-electron chi connectivity index (χ2n) is 6.22. The highest BCUT2D eigenvalue weighted by atomic mass is 32.2. The summed E-state index contributed by atoms with van der Waals surface area (Å²) in [4.78, 5) is 11.9. The molecule has 2 atom stereocenters. The van der Waals surface area contributed by atoms with Gasteiger partial charge >= 0.3 is 0 Å². The van der Waals surface area contributed by atoms with E-state index < -0.39 is 32.7 Å². The van der Waals surface area contributed by atoms with Crippen LogP contribution in [0.25, 0.3) is 0 Å². The van der Waals surface area contributed by atoms with Crippen LogP contribution >= 0.6 is 0 Å². The number of carbonyl (C=O) groups excluding carboxylic acids is 1. The van der Waals surface area contributed by atoms with Gasteiger partial charge in [-0.1, -0.05) is 24.3 Å². The minimum atomic E-state index is -4.16. The van der Waals surface area contributed by atoms with E-state index in [1.807, 2.05) is 6.07 Å². The molecule has 0 spiro atoms. The molecule has 3 rings (SSSR count). The van der Waals surface area contributed by atoms with Crippen molar-refractivity contribution in [3.63, 3.8) is 0 Å². The van der Waals surface area contributed by atoms with Crippen molar-refractivity contribution in [2.24, 2.45) is 0 Å². The highest BCUT2D eigenvalue weighted by molar-refractivity contribution is 7.89. The zero-order valence-corrected chi connectivity index (χ0v) is 14.9. The van der Waals surface area contributed by atoms with E-state index in [4.69, 9.17) is 0 Å². The third-order valence-electron chi connectivity index (χ3n) is 4.41. The van der Waals surface area contributed by atoms with Crippen molar-refractivity contribution in [1.82, 2.24) is 10.0 Å². The SMILES string of the molecule is C[C@H](NS(=O)(=O)c1ccccc1F)C(=O)NC1CCc2c(O)cccc21. The summed E-state index contributed by atoms with van der Waals surface area (Å²) < 4.78 is 40.5. The smallest absolute Gasteiger partial charge is 0.244 e. The van der Waals surface area contributed by atoms with Gasteiger partial charge in [0.05, 0.1) is 12.1 Å². The summed E-state index contributed by atoms with van der Waals surface area (Å²) in [6.07, 6.45) is 1.24. The maximum Gasteiger partial charge on any atom is 0.244 e. The number of phenolic OH excluding ortho intramolecular Hbond substituents is 1. The first-order chi connectivity index (χ1) is 12.3. The van der Waals surface area contributed by atoms with Gasteiger partial charge in [0.15, 0.2) is 0 Å². The summed E-state index contributed by atoms with van der Waals surface area (Å²) in [5, 5.41) is 12.6. The van der Waals surface area contributed by atoms with Crippen LogP contribution in [0, 0.1) is 5.82 Å². The lowest BCUT2D eigenvalue weighted by atomic mass is 10.1. The van der Waals surface area contributed by atoms with Crippen LogP contribution in [0.1, 0.15) is 30.5 Å². The molecule has 0 heterocycles. The molecular formula is C18H19FN2O4S. The van der Waals surface area contributed by atoms with Gasteiger partial charge in [-0.3, -0.25) is 4.79 Å². The van der Waals surface area contributed by atoms with Gasteiger partial charge in [-0.05, 0) is 49.1 Å². The Hall–Kier alpha value is -2.45. The maximum absolute atomic E-state index is 13.7. The van der Waals surface area contributed by atoms with E-state index >= 15 is 0 Å². The maximum atomic E-state index is 13.7. The van der Waals surface area contributed by atoms with Gasteiger partial charge in [-0.25, -0.2) is 12.8 Å². The highest BCUT2D eigenvalue weighted by Crippen LogP contribution is 2.36. The molecule has 0 aliphatic heterocycles. The Labute approximate surface area is 151 Å². The molecule has 8 heteroatoms. The second kappa shape index (κ2) is 7.05. The fourth-order valence-corrected chi connectivity index (χ4v) is 4.38. The molecule has 0 saturated heterocycles. The molecule has 1 aliphatic rings. The fraction of sp³-hybridized carbons (Fsp3) is 0.278. The minimum Gasteiger partial charge on any atom is -0.508 e. The molecule has 0 saturated carbocycles. The van der Waals surface area contributed by atoms with E-state index in [0.717, 1.165) is 23.3 Å². The third kappa shape index (κ3) is 3.56. The Bertz CT molecular complexity index is 946. The predicted molar refractivity (Wildman–Crippen MR) is 93.5 cm³/mol. The van der Waals surface area contributed by atoms with Crippen molar-refractivity contribution in [1.29, 1.82) is 0 Å². The van der Waals surface area contributed by atoms with E-state index in [-0.39, 0.29) is 11.8 Å². The molecule has 0 radical (unpaired) electrons. The molecule has 1 unspecified atom stereocenters. The molecule has 138 valence electrons. The van der Waals surface area contributed by atoms with Crippen molar-refractivity contribution in [3.05, 3.63) is 59.4 Å². The van der Waals surface area contributed by atoms with Crippen molar-refractivity contribution < 1.29 is 22.7 Å². The number of benzene rings is 2. The van der Waals surface area contributed by atoms with Gasteiger partial charge in [0.2, 0.25) is 15.9 Å². The summed E-state index contributed by atoms with van der Waals surface area (Å²) in [6, 6.07) is 8.70. The number of amides is 1. The molecule has 1 amide bonds. The van der Waals surface area contributed by atoms with Crippen LogP contribution in [0.4, 0.5) is 4.39 Å². The Morgan fingerprint density at radius 1 is 1.23 bits per heavy atom. The molecule has 2 aromatic rings. The summed E-state index contributed by atoms with van der Waals surface area (Å²) in [5.74, 6) is -1.22. The summed E-state index contributed by atoms with van der Waals surface area (Å²) in [5.41, 5.74) is 1.61. The number of aromatic hydroxyl groups is 1. The zero-order valence-electron chi connectivity index (χ0n) is 14.1. The molecular weight excluding hydrogens is 359 g/mol. The number of hydrogen-bond donors (Lipinski definition) is 3. The average Bonchev–Trinajstić information content (AvgIpc) is 2.99. The predicted octanol–water partition coefficient (Wildman–Crippen LogP) is 2.00. The topological polar surface area (TPSA) is 95.5 Å². The van der Waals surface area contributed by atoms with Crippen LogP contribution in [-0.2, 0) is 21.2 Å². The van der Waals surface area contributed by atoms with Crippen molar-refractivity contribution in [2.75, 3.05) is 0 Å². The van der Waals surface area contributed by atoms with Crippen LogP contribution in [0.15, 0.2) is 47.4 Å². The lowest BCUT2D eigenvalue weighted by Crippen LogP contribution is -2.45. The normalized spacial score (nSPS) is 17.5. The van der Waals surface area contributed by atoms with Crippen molar-refractivity contribution >= 4 is 15.9 Å². The van der Waals surface area contributed by atoms with Crippen molar-refractivity contribution in [2.45, 2.75) is 36.7 Å². The number of phenols is 1. The van der Waals surface area contributed by atoms with Crippen LogP contribution in [0.3, 0.4) is 0 Å². The molecule has 0 fully saturated rings. The monoisotopic (exact) mass is 378 g/mol. The standard InChI is InChI=1S/C18H19FN2O4S/c1-11(21-26(24,25)17-8-3-2-6-14(17)19)18(23)20-15-10-9-13-12(15)5-4-7-16(13)22/h2-8,11,15,21-22H,9-10H2,1H3,(H,20,23)/t11-,15?/m0/s1. The number of carbonyl (C=O) groups is 1. The van der Waals surface area contributed by atoms with Gasteiger partial charge in [0.1, 0.15) is 16.5 Å². The Morgan fingerprint density at radius 2 is 1.96 bits per heavy atom. The minimum absolute atomic E-state index is 0.188. The van der Waals surface area contributed by atoms with E-state index in [1.165, 1.54) is 19.1 Å². The summed E-state index contributed by atoms with van der Waals surface area (Å²) in [7, 11) is -4.16. The summed E-state index contributed by atoms with van der Waals surface area (Å²) >= 11 is 0. The lowest BCUT2D eigenvalue weighted by molar-refractivity contribution is -0.123. The molecule has 3 N–H and O–H groups in total. The molecule has 1 aliphatic carbocycles. The van der Waals surface area contributed by atoms with Crippen LogP contribution in [0.2, 0.25) is 0 Å². The fourth-order valence-electron chi connectivity index (χ4n) is 3.09. The quantitative estimate of drug-likeness (QED) is 0.742. The van der Waals surface area contributed by atoms with E-state index in [2.05, 4.69) is 10.0 Å². The molecule has 2 aromatic carbocycles. The number of hydrogen-bond acceptors (Lipinski definition) is 4. The van der Waals surface area contributed by atoms with E-state index in [0.29, 0.717) is 12.8 Å². The average molecular weight is 378 g/mol. The molecule has 0 aromatic heterocycles. The molecule has 26 heavy (non-hydrogen) atoms. The van der Waals surface area contributed by atoms with Gasteiger partial charge in [-0.15, -0.1) is 0 Å². The zero-order chi connectivity index (χ0) is 18.9. The third-order valence-corrected chi connectivity index (χ3v) is 5.99. The molecule has 6 nitrogen and oxygen atoms in total. The Kier molecular flexibility index (Phi) is 4.97. The van der Waals surface area contributed by atoms with E-state index in [1.54, 1.807) is 12.1 Å². The Balaban J connectivity index is 1.70. The van der Waals surface area contributed by atoms with E-state index in [9.17, 15) is 22.7 Å². The number of nitrogens with one attached hydrogen (secondary N) is 2. The van der Waals surface area contributed by atoms with Crippen LogP contribution in [-0.4, -0.2) is 25.5 Å². The van der Waals surface area contributed by atoms with Gasteiger partial charge in [-0.2, -0.15) is 4.72 Å². The Morgan fingerprint density at radius 3 is 2.69 bits per heavy atom. The van der Waals surface area contributed by atoms with Crippen LogP contribution in [0.5, 0.6) is 5.75 Å². The van der Waals surface area contributed by atoms with Crippen LogP contribution < -0.4 is 10.0 Å². The largest absolute Gasteiger partial charge is 0.508 e. The number of rotatable bonds is 5. The van der Waals surface area contributed by atoms with Gasteiger partial charge < -0.3 is 10.4 Å². The first-order valence-corrected chi connectivity index (χ1v) is 9.66. The second-order valence-corrected chi connectivity index (χ2v) is 7.90. The van der Waals surface area contributed by atoms with Gasteiger partial charge in [0.25, 0.3) is 0 Å². The first-order valence-electron chi connectivity index (χ1n) is 8.17. The van der Waals surface area contributed by atoms with Crippen molar-refractivity contribution in [3.8, 4) is 5.75 Å².